The summed E-state index contributed by atoms with van der Waals surface area (Å²) >= 11 is 0. The van der Waals surface area contributed by atoms with E-state index in [0.29, 0.717) is 19.1 Å². The Morgan fingerprint density at radius 2 is 2.00 bits per heavy atom. The lowest BCUT2D eigenvalue weighted by Gasteiger charge is -2.16. The van der Waals surface area contributed by atoms with Gasteiger partial charge in [0, 0.05) is 12.8 Å². The predicted octanol–water partition coefficient (Wildman–Crippen LogP) is 3.22. The van der Waals surface area contributed by atoms with Crippen molar-refractivity contribution >= 4 is 34.5 Å². The number of anilines is 2. The lowest BCUT2D eigenvalue weighted by Crippen LogP contribution is -2.33. The smallest absolute Gasteiger partial charge is 0.253 e. The number of benzene rings is 2. The third kappa shape index (κ3) is 3.49. The molecular formula is C22H24N4O3. The SMILES string of the molecule is COCCN1C(=O)C(CC(=O)Nc2cc(C)ccc2C)n2c1nc1ccccc12. The van der Waals surface area contributed by atoms with Crippen LogP contribution in [0, 0.1) is 13.8 Å². The van der Waals surface area contributed by atoms with Crippen LogP contribution in [0.25, 0.3) is 11.0 Å². The number of methoxy groups -OCH3 is 1. The molecule has 0 saturated carbocycles. The molecule has 0 aliphatic carbocycles. The van der Waals surface area contributed by atoms with E-state index in [2.05, 4.69) is 10.3 Å². The Balaban J connectivity index is 1.64. The van der Waals surface area contributed by atoms with Crippen molar-refractivity contribution in [3.8, 4) is 0 Å². The van der Waals surface area contributed by atoms with Gasteiger partial charge < -0.3 is 10.1 Å². The largest absolute Gasteiger partial charge is 0.383 e. The minimum absolute atomic E-state index is 0.0447. The van der Waals surface area contributed by atoms with E-state index in [-0.39, 0.29) is 18.2 Å². The van der Waals surface area contributed by atoms with Gasteiger partial charge >= 0.3 is 0 Å². The first-order valence-corrected chi connectivity index (χ1v) is 9.64. The molecule has 2 amide bonds. The summed E-state index contributed by atoms with van der Waals surface area (Å²) in [5, 5.41) is 2.96. The van der Waals surface area contributed by atoms with Gasteiger partial charge in [-0.2, -0.15) is 0 Å². The summed E-state index contributed by atoms with van der Waals surface area (Å²) in [4.78, 5) is 32.2. The van der Waals surface area contributed by atoms with E-state index >= 15 is 0 Å². The quantitative estimate of drug-likeness (QED) is 0.699. The molecule has 0 bridgehead atoms. The molecule has 7 heteroatoms. The zero-order valence-corrected chi connectivity index (χ0v) is 16.8. The topological polar surface area (TPSA) is 76.5 Å². The first kappa shape index (κ1) is 19.1. The van der Waals surface area contributed by atoms with E-state index in [1.165, 1.54) is 0 Å². The van der Waals surface area contributed by atoms with E-state index in [1.54, 1.807) is 12.0 Å². The molecule has 1 unspecified atom stereocenters. The van der Waals surface area contributed by atoms with E-state index in [9.17, 15) is 9.59 Å². The van der Waals surface area contributed by atoms with E-state index in [0.717, 1.165) is 27.8 Å². The van der Waals surface area contributed by atoms with Crippen LogP contribution in [0.5, 0.6) is 0 Å². The van der Waals surface area contributed by atoms with Crippen LogP contribution in [0.4, 0.5) is 11.6 Å². The van der Waals surface area contributed by atoms with Crippen LogP contribution in [0.3, 0.4) is 0 Å². The maximum atomic E-state index is 13.1. The molecule has 0 fully saturated rings. The van der Waals surface area contributed by atoms with Crippen molar-refractivity contribution in [3.63, 3.8) is 0 Å². The van der Waals surface area contributed by atoms with Crippen LogP contribution < -0.4 is 10.2 Å². The number of imidazole rings is 1. The van der Waals surface area contributed by atoms with Gasteiger partial charge in [0.05, 0.1) is 30.6 Å². The van der Waals surface area contributed by atoms with Gasteiger partial charge in [0.1, 0.15) is 6.04 Å². The van der Waals surface area contributed by atoms with Crippen LogP contribution in [0.2, 0.25) is 0 Å². The van der Waals surface area contributed by atoms with Gasteiger partial charge in [0.2, 0.25) is 11.9 Å². The molecule has 1 aliphatic heterocycles. The summed E-state index contributed by atoms with van der Waals surface area (Å²) in [6.07, 6.45) is 0.0447. The fourth-order valence-electron chi connectivity index (χ4n) is 3.74. The van der Waals surface area contributed by atoms with E-state index < -0.39 is 6.04 Å². The van der Waals surface area contributed by atoms with E-state index in [4.69, 9.17) is 4.74 Å². The maximum Gasteiger partial charge on any atom is 0.253 e. The number of para-hydroxylation sites is 2. The fraction of sp³-hybridized carbons (Fsp3) is 0.318. The molecular weight excluding hydrogens is 368 g/mol. The molecule has 2 heterocycles. The first-order chi connectivity index (χ1) is 14.0. The lowest BCUT2D eigenvalue weighted by atomic mass is 10.1. The third-order valence-electron chi connectivity index (χ3n) is 5.25. The summed E-state index contributed by atoms with van der Waals surface area (Å²) in [7, 11) is 1.60. The number of carbonyl (C=O) groups excluding carboxylic acids is 2. The molecule has 1 N–H and O–H groups in total. The average molecular weight is 392 g/mol. The Bertz CT molecular complexity index is 1090. The average Bonchev–Trinajstić information content (AvgIpc) is 3.18. The second-order valence-electron chi connectivity index (χ2n) is 7.34. The van der Waals surface area contributed by atoms with Crippen LogP contribution in [0.15, 0.2) is 42.5 Å². The molecule has 2 aromatic carbocycles. The summed E-state index contributed by atoms with van der Waals surface area (Å²) in [5.74, 6) is 0.235. The maximum absolute atomic E-state index is 13.1. The number of carbonyl (C=O) groups is 2. The van der Waals surface area contributed by atoms with Crippen molar-refractivity contribution in [3.05, 3.63) is 53.6 Å². The number of nitrogens with one attached hydrogen (secondary N) is 1. The molecule has 1 aliphatic rings. The fourth-order valence-corrected chi connectivity index (χ4v) is 3.74. The van der Waals surface area contributed by atoms with Crippen molar-refractivity contribution in [1.29, 1.82) is 0 Å². The van der Waals surface area contributed by atoms with Crippen LogP contribution in [-0.2, 0) is 14.3 Å². The van der Waals surface area contributed by atoms with Gasteiger partial charge in [-0.05, 0) is 43.2 Å². The second kappa shape index (κ2) is 7.67. The standard InChI is InChI=1S/C22H24N4O3/c1-14-8-9-15(2)17(12-14)23-20(27)13-19-21(28)25(10-11-29-3)22-24-16-6-4-5-7-18(16)26(19)22/h4-9,12,19H,10-11,13H2,1-3H3,(H,23,27). The molecule has 150 valence electrons. The van der Waals surface area contributed by atoms with E-state index in [1.807, 2.05) is 60.9 Å². The zero-order chi connectivity index (χ0) is 20.5. The van der Waals surface area contributed by atoms with Gasteiger partial charge in [0.25, 0.3) is 5.91 Å². The molecule has 1 aromatic heterocycles. The van der Waals surface area contributed by atoms with Crippen molar-refractivity contribution in [2.24, 2.45) is 0 Å². The number of ether oxygens (including phenoxy) is 1. The lowest BCUT2D eigenvalue weighted by molar-refractivity contribution is -0.124. The molecule has 3 aromatic rings. The van der Waals surface area contributed by atoms with Gasteiger partial charge in [-0.25, -0.2) is 4.98 Å². The van der Waals surface area contributed by atoms with Gasteiger partial charge in [-0.15, -0.1) is 0 Å². The van der Waals surface area contributed by atoms with Crippen LogP contribution in [-0.4, -0.2) is 41.6 Å². The zero-order valence-electron chi connectivity index (χ0n) is 16.8. The highest BCUT2D eigenvalue weighted by Crippen LogP contribution is 2.36. The third-order valence-corrected chi connectivity index (χ3v) is 5.25. The number of amides is 2. The highest BCUT2D eigenvalue weighted by molar-refractivity contribution is 6.05. The predicted molar refractivity (Wildman–Crippen MR) is 112 cm³/mol. The number of aromatic nitrogens is 2. The molecule has 0 spiro atoms. The first-order valence-electron chi connectivity index (χ1n) is 9.64. The van der Waals surface area contributed by atoms with Gasteiger partial charge in [0.15, 0.2) is 0 Å². The number of fused-ring (bicyclic) bond motifs is 3. The monoisotopic (exact) mass is 392 g/mol. The molecule has 7 nitrogen and oxygen atoms in total. The Morgan fingerprint density at radius 1 is 1.21 bits per heavy atom. The highest BCUT2D eigenvalue weighted by atomic mass is 16.5. The van der Waals surface area contributed by atoms with Crippen molar-refractivity contribution < 1.29 is 14.3 Å². The number of hydrogen-bond acceptors (Lipinski definition) is 4. The molecule has 4 rings (SSSR count). The summed E-state index contributed by atoms with van der Waals surface area (Å²) < 4.78 is 7.02. The Labute approximate surface area is 169 Å². The number of rotatable bonds is 6. The van der Waals surface area contributed by atoms with Gasteiger partial charge in [-0.3, -0.25) is 19.1 Å². The molecule has 29 heavy (non-hydrogen) atoms. The normalized spacial score (nSPS) is 15.8. The minimum Gasteiger partial charge on any atom is -0.383 e. The van der Waals surface area contributed by atoms with Crippen molar-refractivity contribution in [1.82, 2.24) is 9.55 Å². The molecule has 0 saturated heterocycles. The van der Waals surface area contributed by atoms with Crippen molar-refractivity contribution in [2.75, 3.05) is 30.5 Å². The highest BCUT2D eigenvalue weighted by Gasteiger charge is 2.40. The van der Waals surface area contributed by atoms with Crippen molar-refractivity contribution in [2.45, 2.75) is 26.3 Å². The number of hydrogen-bond donors (Lipinski definition) is 1. The van der Waals surface area contributed by atoms with Crippen LogP contribution in [0.1, 0.15) is 23.6 Å². The number of nitrogens with zero attached hydrogens (tertiary/aromatic N) is 3. The Kier molecular flexibility index (Phi) is 5.07. The summed E-state index contributed by atoms with van der Waals surface area (Å²) in [6, 6.07) is 12.9. The Morgan fingerprint density at radius 3 is 2.79 bits per heavy atom. The summed E-state index contributed by atoms with van der Waals surface area (Å²) in [5.41, 5.74) is 4.47. The second-order valence-corrected chi connectivity index (χ2v) is 7.34. The summed E-state index contributed by atoms with van der Waals surface area (Å²) in [6.45, 7) is 4.72. The minimum atomic E-state index is -0.626. The molecule has 0 radical (unpaired) electrons. The van der Waals surface area contributed by atoms with Gasteiger partial charge in [-0.1, -0.05) is 24.3 Å². The van der Waals surface area contributed by atoms with Crippen LogP contribution >= 0.6 is 0 Å². The number of aryl methyl sites for hydroxylation is 2. The molecule has 1 atom stereocenters. The Hall–Kier alpha value is -3.19.